The predicted octanol–water partition coefficient (Wildman–Crippen LogP) is 2.41. The van der Waals surface area contributed by atoms with E-state index in [2.05, 4.69) is 6.92 Å². The highest BCUT2D eigenvalue weighted by Crippen LogP contribution is 2.19. The molecule has 1 heterocycles. The molecule has 5 heteroatoms. The molecule has 0 radical (unpaired) electrons. The van der Waals surface area contributed by atoms with Crippen molar-refractivity contribution in [2.45, 2.75) is 95.5 Å². The summed E-state index contributed by atoms with van der Waals surface area (Å²) >= 11 is 0. The standard InChI is InChI=1S/C18H36O5/c1-2-3-4-5-6-7-8-9-10-11-12-22-18-16(13-19)23-14-15(20)17(18)21/h15-21H,2-14H2,1H3/t15-,16+,17+,18+/m0/s1. The van der Waals surface area contributed by atoms with E-state index in [1.54, 1.807) is 0 Å². The van der Waals surface area contributed by atoms with E-state index in [4.69, 9.17) is 9.47 Å². The zero-order valence-electron chi connectivity index (χ0n) is 14.7. The second-order valence-corrected chi connectivity index (χ2v) is 6.63. The second kappa shape index (κ2) is 13.1. The molecule has 0 aromatic rings. The molecule has 0 bridgehead atoms. The lowest BCUT2D eigenvalue weighted by Gasteiger charge is -2.37. The van der Waals surface area contributed by atoms with Gasteiger partial charge in [0.25, 0.3) is 0 Å². The summed E-state index contributed by atoms with van der Waals surface area (Å²) in [7, 11) is 0. The molecule has 1 rings (SSSR count). The molecule has 3 N–H and O–H groups in total. The number of aliphatic hydroxyl groups is 3. The Labute approximate surface area is 141 Å². The van der Waals surface area contributed by atoms with Crippen LogP contribution in [0.2, 0.25) is 0 Å². The van der Waals surface area contributed by atoms with E-state index in [0.717, 1.165) is 12.8 Å². The van der Waals surface area contributed by atoms with Crippen molar-refractivity contribution in [2.75, 3.05) is 19.8 Å². The van der Waals surface area contributed by atoms with Crippen LogP contribution in [0, 0.1) is 0 Å². The molecule has 0 spiro atoms. The summed E-state index contributed by atoms with van der Waals surface area (Å²) in [6, 6.07) is 0. The molecule has 0 aromatic carbocycles. The zero-order chi connectivity index (χ0) is 16.9. The topological polar surface area (TPSA) is 79.2 Å². The lowest BCUT2D eigenvalue weighted by Crippen LogP contribution is -2.55. The Morgan fingerprint density at radius 3 is 2.04 bits per heavy atom. The van der Waals surface area contributed by atoms with Gasteiger partial charge >= 0.3 is 0 Å². The van der Waals surface area contributed by atoms with Crippen molar-refractivity contribution in [3.8, 4) is 0 Å². The first-order chi connectivity index (χ1) is 11.2. The van der Waals surface area contributed by atoms with E-state index >= 15 is 0 Å². The van der Waals surface area contributed by atoms with E-state index in [1.807, 2.05) is 0 Å². The number of ether oxygens (including phenoxy) is 2. The monoisotopic (exact) mass is 332 g/mol. The fraction of sp³-hybridized carbons (Fsp3) is 1.00. The fourth-order valence-corrected chi connectivity index (χ4v) is 3.03. The molecule has 0 aromatic heterocycles. The molecule has 5 nitrogen and oxygen atoms in total. The molecule has 1 saturated heterocycles. The first kappa shape index (κ1) is 20.8. The number of unbranched alkanes of at least 4 members (excludes halogenated alkanes) is 9. The van der Waals surface area contributed by atoms with E-state index in [-0.39, 0.29) is 13.2 Å². The molecule has 1 aliphatic heterocycles. The smallest absolute Gasteiger partial charge is 0.114 e. The zero-order valence-corrected chi connectivity index (χ0v) is 14.7. The van der Waals surface area contributed by atoms with E-state index < -0.39 is 24.4 Å². The van der Waals surface area contributed by atoms with E-state index in [0.29, 0.717) is 6.61 Å². The fourth-order valence-electron chi connectivity index (χ4n) is 3.03. The average Bonchev–Trinajstić information content (AvgIpc) is 2.56. The van der Waals surface area contributed by atoms with Crippen LogP contribution in [0.1, 0.15) is 71.1 Å². The Morgan fingerprint density at radius 1 is 0.913 bits per heavy atom. The Morgan fingerprint density at radius 2 is 1.48 bits per heavy atom. The first-order valence-corrected chi connectivity index (χ1v) is 9.40. The number of hydrogen-bond acceptors (Lipinski definition) is 5. The lowest BCUT2D eigenvalue weighted by molar-refractivity contribution is -0.211. The molecular formula is C18H36O5. The van der Waals surface area contributed by atoms with Crippen molar-refractivity contribution in [1.82, 2.24) is 0 Å². The predicted molar refractivity (Wildman–Crippen MR) is 90.4 cm³/mol. The minimum absolute atomic E-state index is 0.0461. The normalized spacial score (nSPS) is 28.2. The summed E-state index contributed by atoms with van der Waals surface area (Å²) in [6.07, 6.45) is 9.50. The van der Waals surface area contributed by atoms with Crippen LogP contribution in [0.25, 0.3) is 0 Å². The maximum Gasteiger partial charge on any atom is 0.114 e. The molecule has 0 amide bonds. The molecule has 4 atom stereocenters. The van der Waals surface area contributed by atoms with Gasteiger partial charge in [0.1, 0.15) is 24.4 Å². The Kier molecular flexibility index (Phi) is 11.9. The van der Waals surface area contributed by atoms with Crippen LogP contribution in [0.15, 0.2) is 0 Å². The second-order valence-electron chi connectivity index (χ2n) is 6.63. The van der Waals surface area contributed by atoms with Crippen molar-refractivity contribution in [3.63, 3.8) is 0 Å². The lowest BCUT2D eigenvalue weighted by atomic mass is 10.0. The summed E-state index contributed by atoms with van der Waals surface area (Å²) in [6.45, 7) is 2.62. The van der Waals surface area contributed by atoms with Gasteiger partial charge in [0.15, 0.2) is 0 Å². The summed E-state index contributed by atoms with van der Waals surface area (Å²) < 4.78 is 10.9. The number of hydrogen-bond donors (Lipinski definition) is 3. The Balaban J connectivity index is 1.99. The van der Waals surface area contributed by atoms with Crippen molar-refractivity contribution in [3.05, 3.63) is 0 Å². The van der Waals surface area contributed by atoms with Crippen LogP contribution < -0.4 is 0 Å². The highest BCUT2D eigenvalue weighted by molar-refractivity contribution is 4.87. The molecule has 23 heavy (non-hydrogen) atoms. The van der Waals surface area contributed by atoms with Gasteiger partial charge in [-0.05, 0) is 6.42 Å². The van der Waals surface area contributed by atoms with Gasteiger partial charge < -0.3 is 24.8 Å². The largest absolute Gasteiger partial charge is 0.394 e. The van der Waals surface area contributed by atoms with Crippen LogP contribution in [-0.2, 0) is 9.47 Å². The van der Waals surface area contributed by atoms with Gasteiger partial charge in [0.2, 0.25) is 0 Å². The Bertz CT molecular complexity index is 272. The number of aliphatic hydroxyl groups excluding tert-OH is 3. The minimum atomic E-state index is -0.982. The van der Waals surface area contributed by atoms with Crippen LogP contribution in [0.4, 0.5) is 0 Å². The van der Waals surface area contributed by atoms with Gasteiger partial charge in [0, 0.05) is 6.61 Å². The first-order valence-electron chi connectivity index (χ1n) is 9.40. The van der Waals surface area contributed by atoms with Crippen molar-refractivity contribution in [2.24, 2.45) is 0 Å². The quantitative estimate of drug-likeness (QED) is 0.451. The van der Waals surface area contributed by atoms with Crippen LogP contribution >= 0.6 is 0 Å². The molecule has 138 valence electrons. The van der Waals surface area contributed by atoms with Crippen molar-refractivity contribution in [1.29, 1.82) is 0 Å². The van der Waals surface area contributed by atoms with Gasteiger partial charge in [-0.15, -0.1) is 0 Å². The molecule has 0 saturated carbocycles. The van der Waals surface area contributed by atoms with E-state index in [9.17, 15) is 15.3 Å². The van der Waals surface area contributed by atoms with Crippen LogP contribution in [-0.4, -0.2) is 59.6 Å². The minimum Gasteiger partial charge on any atom is -0.394 e. The van der Waals surface area contributed by atoms with Gasteiger partial charge in [-0.2, -0.15) is 0 Å². The third-order valence-electron chi connectivity index (χ3n) is 4.57. The average molecular weight is 332 g/mol. The summed E-state index contributed by atoms with van der Waals surface area (Å²) in [5, 5.41) is 28.8. The summed E-state index contributed by atoms with van der Waals surface area (Å²) in [5.74, 6) is 0. The maximum absolute atomic E-state index is 9.93. The van der Waals surface area contributed by atoms with Gasteiger partial charge in [-0.3, -0.25) is 0 Å². The maximum atomic E-state index is 9.93. The van der Waals surface area contributed by atoms with Crippen molar-refractivity contribution < 1.29 is 24.8 Å². The summed E-state index contributed by atoms with van der Waals surface area (Å²) in [5.41, 5.74) is 0. The summed E-state index contributed by atoms with van der Waals surface area (Å²) in [4.78, 5) is 0. The van der Waals surface area contributed by atoms with Crippen molar-refractivity contribution >= 4 is 0 Å². The van der Waals surface area contributed by atoms with Gasteiger partial charge in [-0.1, -0.05) is 64.7 Å². The molecule has 1 aliphatic rings. The molecule has 1 fully saturated rings. The molecular weight excluding hydrogens is 296 g/mol. The highest BCUT2D eigenvalue weighted by Gasteiger charge is 2.39. The molecule has 0 aliphatic carbocycles. The van der Waals surface area contributed by atoms with E-state index in [1.165, 1.54) is 51.4 Å². The Hall–Kier alpha value is -0.200. The van der Waals surface area contributed by atoms with Gasteiger partial charge in [0.05, 0.1) is 13.2 Å². The SMILES string of the molecule is CCCCCCCCCCCCO[C@H]1[C@H](O)[C@@H](O)CO[C@@H]1CO. The van der Waals surface area contributed by atoms with Crippen LogP contribution in [0.3, 0.4) is 0 Å². The van der Waals surface area contributed by atoms with Gasteiger partial charge in [-0.25, -0.2) is 0 Å². The number of rotatable bonds is 13. The third kappa shape index (κ3) is 8.45. The molecule has 0 unspecified atom stereocenters. The third-order valence-corrected chi connectivity index (χ3v) is 4.57. The highest BCUT2D eigenvalue weighted by atomic mass is 16.6. The van der Waals surface area contributed by atoms with Crippen LogP contribution in [0.5, 0.6) is 0 Å².